The third kappa shape index (κ3) is 5.49. The number of hydrogen-bond acceptors (Lipinski definition) is 8. The number of halogens is 1. The van der Waals surface area contributed by atoms with Gasteiger partial charge >= 0.3 is 16.3 Å². The Bertz CT molecular complexity index is 1880. The van der Waals surface area contributed by atoms with Crippen LogP contribution in [0.25, 0.3) is 33.2 Å². The summed E-state index contributed by atoms with van der Waals surface area (Å²) in [6.07, 6.45) is 6.53. The Morgan fingerprint density at radius 3 is 2.57 bits per heavy atom. The van der Waals surface area contributed by atoms with Gasteiger partial charge in [-0.1, -0.05) is 17.7 Å². The van der Waals surface area contributed by atoms with Crippen LogP contribution in [0.3, 0.4) is 0 Å². The summed E-state index contributed by atoms with van der Waals surface area (Å²) in [4.78, 5) is 24.8. The van der Waals surface area contributed by atoms with E-state index < -0.39 is 21.9 Å². The zero-order valence-corrected chi connectivity index (χ0v) is 27.7. The molecule has 6 rings (SSSR count). The number of anilines is 1. The van der Waals surface area contributed by atoms with Crippen LogP contribution in [0.2, 0.25) is 5.02 Å². The Morgan fingerprint density at radius 1 is 1.11 bits per heavy atom. The SMILES string of the molecule is Cc1nc2c(-c3ccc4nn(C)cc4c3Cl)cn(S(=O)(=O)N(C)C)c2nc1N1CC2CC[C@@H](NC(=O)OC(C)(C)C)CC1C2. The highest BCUT2D eigenvalue weighted by molar-refractivity contribution is 7.87. The Balaban J connectivity index is 1.42. The molecule has 0 radical (unpaired) electrons. The maximum Gasteiger partial charge on any atom is 0.407 e. The summed E-state index contributed by atoms with van der Waals surface area (Å²) in [5.41, 5.74) is 2.77. The smallest absolute Gasteiger partial charge is 0.407 e. The first-order valence-corrected chi connectivity index (χ1v) is 16.6. The first-order valence-electron chi connectivity index (χ1n) is 14.8. The van der Waals surface area contributed by atoms with E-state index in [2.05, 4.69) is 15.3 Å². The standard InChI is InChI=1S/C30H39ClN8O4S/c1-17-27(38-14-18-8-9-19(13-20(38)12-18)33-29(40)43-30(2,3)4)34-28-26(32-17)22(16-39(28)44(41,42)36(5)6)21-10-11-24-23(25(21)31)15-37(7)35-24/h10-11,15-16,18-20H,8-9,12-14H2,1-7H3,(H,33,40)/t18?,19-,20?/m1/s1. The summed E-state index contributed by atoms with van der Waals surface area (Å²) in [5, 5.41) is 8.74. The fourth-order valence-corrected chi connectivity index (χ4v) is 7.72. The maximum atomic E-state index is 13.6. The summed E-state index contributed by atoms with van der Waals surface area (Å²) < 4.78 is 36.7. The van der Waals surface area contributed by atoms with Crippen molar-refractivity contribution in [1.82, 2.24) is 33.3 Å². The Kier molecular flexibility index (Phi) is 7.57. The average Bonchev–Trinajstić information content (AvgIpc) is 3.56. The molecule has 0 spiro atoms. The lowest BCUT2D eigenvalue weighted by atomic mass is 10.0. The molecule has 2 fully saturated rings. The van der Waals surface area contributed by atoms with Crippen LogP contribution in [0, 0.1) is 12.8 Å². The van der Waals surface area contributed by atoms with E-state index >= 15 is 0 Å². The molecule has 12 nitrogen and oxygen atoms in total. The molecule has 1 aliphatic carbocycles. The molecule has 236 valence electrons. The topological polar surface area (TPSA) is 127 Å². The van der Waals surface area contributed by atoms with Crippen molar-refractivity contribution >= 4 is 55.8 Å². The molecule has 2 bridgehead atoms. The van der Waals surface area contributed by atoms with Gasteiger partial charge < -0.3 is 15.0 Å². The van der Waals surface area contributed by atoms with Crippen molar-refractivity contribution in [2.45, 2.75) is 71.1 Å². The van der Waals surface area contributed by atoms with Crippen molar-refractivity contribution < 1.29 is 17.9 Å². The summed E-state index contributed by atoms with van der Waals surface area (Å²) in [7, 11) is 0.857. The zero-order chi connectivity index (χ0) is 31.7. The number of carbonyl (C=O) groups excluding carboxylic acids is 1. The number of nitrogens with one attached hydrogen (secondary N) is 1. The van der Waals surface area contributed by atoms with Crippen LogP contribution in [0.4, 0.5) is 10.6 Å². The normalized spacial score (nSPS) is 20.9. The van der Waals surface area contributed by atoms with Gasteiger partial charge in [-0.3, -0.25) is 4.68 Å². The molecule has 1 amide bonds. The van der Waals surface area contributed by atoms with Crippen LogP contribution in [0.15, 0.2) is 24.5 Å². The Hall–Kier alpha value is -3.42. The predicted octanol–water partition coefficient (Wildman–Crippen LogP) is 4.87. The molecule has 1 saturated heterocycles. The number of ether oxygens (including phenoxy) is 1. The number of alkyl carbamates (subject to hydrolysis) is 1. The van der Waals surface area contributed by atoms with Gasteiger partial charge in [-0.25, -0.2) is 18.7 Å². The predicted molar refractivity (Wildman–Crippen MR) is 171 cm³/mol. The largest absolute Gasteiger partial charge is 0.444 e. The molecule has 1 N–H and O–H groups in total. The lowest BCUT2D eigenvalue weighted by Crippen LogP contribution is -2.43. The second-order valence-corrected chi connectivity index (χ2v) is 15.6. The second-order valence-electron chi connectivity index (χ2n) is 13.2. The van der Waals surface area contributed by atoms with Gasteiger partial charge in [-0.05, 0) is 65.4 Å². The first-order chi connectivity index (χ1) is 20.6. The van der Waals surface area contributed by atoms with Gasteiger partial charge in [0.25, 0.3) is 0 Å². The van der Waals surface area contributed by atoms with E-state index in [4.69, 9.17) is 26.3 Å². The summed E-state index contributed by atoms with van der Waals surface area (Å²) in [6.45, 7) is 8.25. The van der Waals surface area contributed by atoms with E-state index in [1.165, 1.54) is 18.1 Å². The van der Waals surface area contributed by atoms with Crippen molar-refractivity contribution in [2.75, 3.05) is 25.5 Å². The van der Waals surface area contributed by atoms with E-state index in [0.29, 0.717) is 39.1 Å². The van der Waals surface area contributed by atoms with Crippen molar-refractivity contribution in [3.8, 4) is 11.1 Å². The lowest BCUT2D eigenvalue weighted by molar-refractivity contribution is 0.0497. The molecule has 3 atom stereocenters. The third-order valence-electron chi connectivity index (χ3n) is 8.45. The summed E-state index contributed by atoms with van der Waals surface area (Å²) in [6, 6.07) is 3.79. The molecular formula is C30H39ClN8O4S. The Labute approximate surface area is 262 Å². The summed E-state index contributed by atoms with van der Waals surface area (Å²) >= 11 is 6.89. The van der Waals surface area contributed by atoms with Crippen LogP contribution in [-0.4, -0.2) is 80.9 Å². The molecular weight excluding hydrogens is 604 g/mol. The van der Waals surface area contributed by atoms with E-state index in [-0.39, 0.29) is 17.7 Å². The molecule has 44 heavy (non-hydrogen) atoms. The van der Waals surface area contributed by atoms with Crippen LogP contribution in [0.5, 0.6) is 0 Å². The van der Waals surface area contributed by atoms with Gasteiger partial charge in [0.05, 0.1) is 16.2 Å². The van der Waals surface area contributed by atoms with Gasteiger partial charge in [0, 0.05) is 68.7 Å². The van der Waals surface area contributed by atoms with E-state index in [9.17, 15) is 13.2 Å². The number of amides is 1. The summed E-state index contributed by atoms with van der Waals surface area (Å²) in [5.74, 6) is 1.08. The molecule has 2 aliphatic rings. The fraction of sp³-hybridized carbons (Fsp3) is 0.533. The highest BCUT2D eigenvalue weighted by atomic mass is 35.5. The van der Waals surface area contributed by atoms with Gasteiger partial charge in [0.1, 0.15) is 11.1 Å². The number of nitrogens with zero attached hydrogens (tertiary/aromatic N) is 7. The number of aryl methyl sites for hydroxylation is 2. The molecule has 4 heterocycles. The number of hydrogen-bond donors (Lipinski definition) is 1. The second kappa shape index (κ2) is 10.9. The van der Waals surface area contributed by atoms with Gasteiger partial charge in [0.2, 0.25) is 0 Å². The van der Waals surface area contributed by atoms with E-state index in [1.807, 2.05) is 53.1 Å². The third-order valence-corrected chi connectivity index (χ3v) is 10.6. The molecule has 3 aromatic heterocycles. The number of aromatic nitrogens is 5. The molecule has 2 unspecified atom stereocenters. The maximum absolute atomic E-state index is 13.6. The number of fused-ring (bicyclic) bond motifs is 4. The van der Waals surface area contributed by atoms with Crippen LogP contribution in [0.1, 0.15) is 52.1 Å². The number of rotatable bonds is 5. The number of carbonyl (C=O) groups is 1. The van der Waals surface area contributed by atoms with E-state index in [0.717, 1.165) is 47.4 Å². The number of benzene rings is 1. The van der Waals surface area contributed by atoms with Crippen molar-refractivity contribution in [3.63, 3.8) is 0 Å². The molecule has 14 heteroatoms. The van der Waals surface area contributed by atoms with Crippen LogP contribution >= 0.6 is 11.6 Å². The monoisotopic (exact) mass is 642 g/mol. The molecule has 1 saturated carbocycles. The quantitative estimate of drug-likeness (QED) is 0.327. The lowest BCUT2D eigenvalue weighted by Gasteiger charge is -2.31. The van der Waals surface area contributed by atoms with Crippen molar-refractivity contribution in [2.24, 2.45) is 13.0 Å². The average molecular weight is 643 g/mol. The van der Waals surface area contributed by atoms with E-state index in [1.54, 1.807) is 10.9 Å². The van der Waals surface area contributed by atoms with Crippen LogP contribution in [-0.2, 0) is 22.0 Å². The van der Waals surface area contributed by atoms with Gasteiger partial charge in [0.15, 0.2) is 11.5 Å². The van der Waals surface area contributed by atoms with Crippen molar-refractivity contribution in [1.29, 1.82) is 0 Å². The minimum atomic E-state index is -3.95. The molecule has 4 aromatic rings. The highest BCUT2D eigenvalue weighted by Gasteiger charge is 2.39. The zero-order valence-electron chi connectivity index (χ0n) is 26.1. The first kappa shape index (κ1) is 30.6. The van der Waals surface area contributed by atoms with Crippen molar-refractivity contribution in [3.05, 3.63) is 35.2 Å². The fourth-order valence-electron chi connectivity index (χ4n) is 6.48. The minimum Gasteiger partial charge on any atom is -0.444 e. The van der Waals surface area contributed by atoms with Crippen LogP contribution < -0.4 is 10.2 Å². The van der Waals surface area contributed by atoms with Gasteiger partial charge in [-0.2, -0.15) is 17.8 Å². The molecule has 1 aliphatic heterocycles. The minimum absolute atomic E-state index is 0.0336. The highest BCUT2D eigenvalue weighted by Crippen LogP contribution is 2.41. The Morgan fingerprint density at radius 2 is 1.86 bits per heavy atom. The molecule has 1 aromatic carbocycles. The van der Waals surface area contributed by atoms with Gasteiger partial charge in [-0.15, -0.1) is 0 Å².